The smallest absolute Gasteiger partial charge is 0.167 e. The zero-order valence-electron chi connectivity index (χ0n) is 15.2. The lowest BCUT2D eigenvalue weighted by Gasteiger charge is -2.08. The lowest BCUT2D eigenvalue weighted by atomic mass is 10.2. The fraction of sp³-hybridized carbons (Fsp3) is 0.105. The van der Waals surface area contributed by atoms with Crippen molar-refractivity contribution in [1.29, 1.82) is 0 Å². The molecule has 0 saturated carbocycles. The highest BCUT2D eigenvalue weighted by atomic mass is 35.5. The topological polar surface area (TPSA) is 95.6 Å². The van der Waals surface area contributed by atoms with E-state index in [0.29, 0.717) is 29.1 Å². The van der Waals surface area contributed by atoms with Crippen molar-refractivity contribution in [2.45, 2.75) is 13.5 Å². The Morgan fingerprint density at radius 3 is 2.34 bits per heavy atom. The second kappa shape index (κ2) is 8.56. The van der Waals surface area contributed by atoms with Gasteiger partial charge in [0.15, 0.2) is 11.5 Å². The number of halogens is 4. The molecule has 0 aliphatic heterocycles. The molecule has 0 bridgehead atoms. The van der Waals surface area contributed by atoms with Crippen LogP contribution < -0.4 is 11.7 Å². The van der Waals surface area contributed by atoms with Crippen molar-refractivity contribution in [1.82, 2.24) is 19.5 Å². The first kappa shape index (κ1) is 20.7. The molecule has 0 atom stereocenters. The van der Waals surface area contributed by atoms with E-state index < -0.39 is 17.5 Å². The van der Waals surface area contributed by atoms with Gasteiger partial charge in [0.05, 0.1) is 16.8 Å². The number of rotatable bonds is 3. The summed E-state index contributed by atoms with van der Waals surface area (Å²) in [5.41, 5.74) is 1.06. The molecular formula is C19H16ClF3N6. The standard InChI is InChI=1S/C19H12ClF3N4.H4N2/c1-2-27-18(11-7-6-10(21)8-12(11)20)25-15-9-24-17(26-19(15)27)16-13(22)4-3-5-14(16)23;1-2/h3-9H,2H2,1H3;1-2H2. The number of nitrogens with zero attached hydrogens (tertiary/aromatic N) is 4. The van der Waals surface area contributed by atoms with E-state index in [-0.39, 0.29) is 16.4 Å². The summed E-state index contributed by atoms with van der Waals surface area (Å²) in [6.07, 6.45) is 1.40. The molecule has 150 valence electrons. The van der Waals surface area contributed by atoms with Crippen LogP contribution >= 0.6 is 11.6 Å². The van der Waals surface area contributed by atoms with Gasteiger partial charge in [0, 0.05) is 12.1 Å². The van der Waals surface area contributed by atoms with E-state index in [9.17, 15) is 13.2 Å². The van der Waals surface area contributed by atoms with E-state index in [0.717, 1.165) is 12.1 Å². The number of imidazole rings is 1. The lowest BCUT2D eigenvalue weighted by molar-refractivity contribution is 0.587. The molecule has 0 aliphatic carbocycles. The van der Waals surface area contributed by atoms with E-state index in [1.54, 1.807) is 4.57 Å². The summed E-state index contributed by atoms with van der Waals surface area (Å²) in [6.45, 7) is 2.34. The number of aromatic nitrogens is 4. The van der Waals surface area contributed by atoms with E-state index in [2.05, 4.69) is 26.6 Å². The van der Waals surface area contributed by atoms with E-state index in [1.165, 1.54) is 30.5 Å². The van der Waals surface area contributed by atoms with Crippen LogP contribution in [0, 0.1) is 17.5 Å². The molecule has 4 rings (SSSR count). The molecule has 0 saturated heterocycles. The molecule has 2 heterocycles. The number of aryl methyl sites for hydroxylation is 1. The minimum Gasteiger partial charge on any atom is -0.309 e. The van der Waals surface area contributed by atoms with Crippen LogP contribution in [-0.4, -0.2) is 19.5 Å². The second-order valence-electron chi connectivity index (χ2n) is 5.80. The minimum atomic E-state index is -0.751. The minimum absolute atomic E-state index is 0.0792. The van der Waals surface area contributed by atoms with Gasteiger partial charge >= 0.3 is 0 Å². The van der Waals surface area contributed by atoms with Gasteiger partial charge in [-0.05, 0) is 37.3 Å². The Morgan fingerprint density at radius 1 is 1.03 bits per heavy atom. The molecule has 0 radical (unpaired) electrons. The number of fused-ring (bicyclic) bond motifs is 1. The lowest BCUT2D eigenvalue weighted by Crippen LogP contribution is -2.02. The Balaban J connectivity index is 0.00000117. The Labute approximate surface area is 168 Å². The van der Waals surface area contributed by atoms with Gasteiger partial charge in [0.1, 0.15) is 28.8 Å². The summed E-state index contributed by atoms with van der Waals surface area (Å²) in [5.74, 6) is 6.43. The first-order chi connectivity index (χ1) is 14.0. The number of hydrogen-bond acceptors (Lipinski definition) is 5. The molecule has 6 nitrogen and oxygen atoms in total. The van der Waals surface area contributed by atoms with Crippen LogP contribution in [0.3, 0.4) is 0 Å². The largest absolute Gasteiger partial charge is 0.309 e. The average molecular weight is 421 g/mol. The zero-order chi connectivity index (χ0) is 21.1. The van der Waals surface area contributed by atoms with Gasteiger partial charge in [-0.15, -0.1) is 0 Å². The van der Waals surface area contributed by atoms with Gasteiger partial charge in [-0.2, -0.15) is 0 Å². The Kier molecular flexibility index (Phi) is 6.12. The predicted octanol–water partition coefficient (Wildman–Crippen LogP) is 4.07. The maximum atomic E-state index is 14.1. The predicted molar refractivity (Wildman–Crippen MR) is 105 cm³/mol. The van der Waals surface area contributed by atoms with E-state index in [1.807, 2.05) is 6.92 Å². The van der Waals surface area contributed by atoms with Gasteiger partial charge in [-0.1, -0.05) is 17.7 Å². The molecule has 0 amide bonds. The maximum Gasteiger partial charge on any atom is 0.167 e. The molecule has 10 heteroatoms. The Hall–Kier alpha value is -3.01. The summed E-state index contributed by atoms with van der Waals surface area (Å²) in [6, 6.07) is 7.57. The Bertz CT molecular complexity index is 1160. The molecule has 2 aromatic carbocycles. The second-order valence-corrected chi connectivity index (χ2v) is 6.21. The molecule has 2 aromatic heterocycles. The van der Waals surface area contributed by atoms with Crippen molar-refractivity contribution in [3.8, 4) is 22.8 Å². The molecule has 4 aromatic rings. The molecule has 29 heavy (non-hydrogen) atoms. The summed E-state index contributed by atoms with van der Waals surface area (Å²) in [4.78, 5) is 12.8. The first-order valence-electron chi connectivity index (χ1n) is 8.46. The highest BCUT2D eigenvalue weighted by Crippen LogP contribution is 2.31. The van der Waals surface area contributed by atoms with Gasteiger partial charge in [0.2, 0.25) is 0 Å². The Morgan fingerprint density at radius 2 is 1.72 bits per heavy atom. The highest BCUT2D eigenvalue weighted by molar-refractivity contribution is 6.33. The van der Waals surface area contributed by atoms with E-state index >= 15 is 0 Å². The average Bonchev–Trinajstić information content (AvgIpc) is 3.07. The molecule has 4 N–H and O–H groups in total. The molecule has 0 fully saturated rings. The first-order valence-corrected chi connectivity index (χ1v) is 8.83. The molecule has 0 aliphatic rings. The van der Waals surface area contributed by atoms with Gasteiger partial charge in [-0.25, -0.2) is 28.1 Å². The number of nitrogens with two attached hydrogens (primary N) is 2. The summed E-state index contributed by atoms with van der Waals surface area (Å²) in [5, 5.41) is 0.202. The number of hydrogen-bond donors (Lipinski definition) is 2. The van der Waals surface area contributed by atoms with E-state index in [4.69, 9.17) is 11.6 Å². The van der Waals surface area contributed by atoms with Gasteiger partial charge in [0.25, 0.3) is 0 Å². The van der Waals surface area contributed by atoms with Crippen molar-refractivity contribution in [3.63, 3.8) is 0 Å². The number of benzene rings is 2. The molecular weight excluding hydrogens is 405 g/mol. The van der Waals surface area contributed by atoms with Crippen LogP contribution in [0.15, 0.2) is 42.6 Å². The summed E-state index contributed by atoms with van der Waals surface area (Å²) in [7, 11) is 0. The third-order valence-corrected chi connectivity index (χ3v) is 4.48. The molecule has 0 unspecified atom stereocenters. The fourth-order valence-corrected chi connectivity index (χ4v) is 3.18. The maximum absolute atomic E-state index is 14.1. The number of hydrazine groups is 1. The van der Waals surface area contributed by atoms with Crippen molar-refractivity contribution in [2.24, 2.45) is 11.7 Å². The normalized spacial score (nSPS) is 10.7. The monoisotopic (exact) mass is 420 g/mol. The van der Waals surface area contributed by atoms with Crippen molar-refractivity contribution in [3.05, 3.63) is 65.1 Å². The third-order valence-electron chi connectivity index (χ3n) is 4.16. The van der Waals surface area contributed by atoms with Gasteiger partial charge < -0.3 is 4.57 Å². The van der Waals surface area contributed by atoms with Crippen LogP contribution in [-0.2, 0) is 6.54 Å². The fourth-order valence-electron chi connectivity index (χ4n) is 2.93. The van der Waals surface area contributed by atoms with Crippen LogP contribution in [0.5, 0.6) is 0 Å². The quantitative estimate of drug-likeness (QED) is 0.385. The highest BCUT2D eigenvalue weighted by Gasteiger charge is 2.19. The van der Waals surface area contributed by atoms with Crippen LogP contribution in [0.4, 0.5) is 13.2 Å². The van der Waals surface area contributed by atoms with Crippen molar-refractivity contribution in [2.75, 3.05) is 0 Å². The zero-order valence-corrected chi connectivity index (χ0v) is 16.0. The van der Waals surface area contributed by atoms with Crippen molar-refractivity contribution < 1.29 is 13.2 Å². The SMILES string of the molecule is CCn1c(-c2ccc(F)cc2Cl)nc2cnc(-c3c(F)cccc3F)nc21.NN. The van der Waals surface area contributed by atoms with Crippen LogP contribution in [0.25, 0.3) is 33.9 Å². The van der Waals surface area contributed by atoms with Crippen LogP contribution in [0.2, 0.25) is 5.02 Å². The van der Waals surface area contributed by atoms with Crippen LogP contribution in [0.1, 0.15) is 6.92 Å². The summed E-state index contributed by atoms with van der Waals surface area (Å²) < 4.78 is 43.3. The van der Waals surface area contributed by atoms with Crippen molar-refractivity contribution >= 4 is 22.8 Å². The molecule has 0 spiro atoms. The third kappa shape index (κ3) is 3.80. The summed E-state index contributed by atoms with van der Waals surface area (Å²) >= 11 is 6.16. The van der Waals surface area contributed by atoms with Gasteiger partial charge in [-0.3, -0.25) is 11.7 Å².